The zero-order chi connectivity index (χ0) is 45.8. The zero-order valence-electron chi connectivity index (χ0n) is 42.1. The van der Waals surface area contributed by atoms with Gasteiger partial charge in [-0.1, -0.05) is 256 Å². The van der Waals surface area contributed by atoms with Crippen molar-refractivity contribution < 1.29 is 28.6 Å². The monoisotopic (exact) mass is 885 g/mol. The Morgan fingerprint density at radius 2 is 0.587 bits per heavy atom. The highest BCUT2D eigenvalue weighted by atomic mass is 16.6. The normalized spacial score (nSPS) is 12.2. The predicted molar refractivity (Wildman–Crippen MR) is 270 cm³/mol. The van der Waals surface area contributed by atoms with Crippen LogP contribution in [0.15, 0.2) is 36.5 Å². The molecule has 0 amide bonds. The molecular formula is C57H104O6. The molecule has 0 aromatic carbocycles. The van der Waals surface area contributed by atoms with Gasteiger partial charge in [0.1, 0.15) is 13.2 Å². The van der Waals surface area contributed by atoms with Crippen LogP contribution in [0.1, 0.15) is 290 Å². The molecule has 0 saturated carbocycles. The molecule has 6 heteroatoms. The van der Waals surface area contributed by atoms with Gasteiger partial charge in [0.2, 0.25) is 0 Å². The first-order valence-electron chi connectivity index (χ1n) is 27.5. The second kappa shape index (κ2) is 52.3. The van der Waals surface area contributed by atoms with Gasteiger partial charge in [0.25, 0.3) is 0 Å². The van der Waals surface area contributed by atoms with Gasteiger partial charge in [-0.25, -0.2) is 0 Å². The summed E-state index contributed by atoms with van der Waals surface area (Å²) in [6, 6.07) is 0. The van der Waals surface area contributed by atoms with E-state index in [1.165, 1.54) is 186 Å². The van der Waals surface area contributed by atoms with E-state index >= 15 is 0 Å². The molecule has 0 aromatic rings. The molecule has 0 aliphatic carbocycles. The van der Waals surface area contributed by atoms with Gasteiger partial charge in [-0.3, -0.25) is 14.4 Å². The van der Waals surface area contributed by atoms with Gasteiger partial charge < -0.3 is 14.2 Å². The number of hydrogen-bond acceptors (Lipinski definition) is 6. The maximum atomic E-state index is 12.8. The number of carbonyl (C=O) groups is 3. The van der Waals surface area contributed by atoms with Crippen molar-refractivity contribution in [2.24, 2.45) is 0 Å². The van der Waals surface area contributed by atoms with Crippen molar-refractivity contribution in [2.75, 3.05) is 13.2 Å². The molecular weight excluding hydrogens is 781 g/mol. The molecule has 0 aromatic heterocycles. The van der Waals surface area contributed by atoms with Crippen LogP contribution >= 0.6 is 0 Å². The summed E-state index contributed by atoms with van der Waals surface area (Å²) in [5, 5.41) is 0. The number of rotatable bonds is 50. The Kier molecular flexibility index (Phi) is 50.3. The van der Waals surface area contributed by atoms with Crippen LogP contribution in [0, 0.1) is 0 Å². The predicted octanol–water partition coefficient (Wildman–Crippen LogP) is 18.1. The van der Waals surface area contributed by atoms with Crippen molar-refractivity contribution in [1.29, 1.82) is 0 Å². The van der Waals surface area contributed by atoms with Crippen molar-refractivity contribution in [3.8, 4) is 0 Å². The van der Waals surface area contributed by atoms with Gasteiger partial charge in [-0.05, 0) is 51.4 Å². The quantitative estimate of drug-likeness (QED) is 0.0262. The average Bonchev–Trinajstić information content (AvgIpc) is 3.28. The molecule has 0 aliphatic heterocycles. The molecule has 368 valence electrons. The molecule has 0 saturated heterocycles. The minimum absolute atomic E-state index is 0.0831. The summed E-state index contributed by atoms with van der Waals surface area (Å²) >= 11 is 0. The highest BCUT2D eigenvalue weighted by molar-refractivity contribution is 5.71. The summed E-state index contributed by atoms with van der Waals surface area (Å²) in [7, 11) is 0. The number of hydrogen-bond donors (Lipinski definition) is 0. The van der Waals surface area contributed by atoms with Crippen LogP contribution < -0.4 is 0 Å². The molecule has 0 heterocycles. The topological polar surface area (TPSA) is 78.9 Å². The molecule has 1 atom stereocenters. The average molecular weight is 885 g/mol. The van der Waals surface area contributed by atoms with Crippen molar-refractivity contribution in [1.82, 2.24) is 0 Å². The van der Waals surface area contributed by atoms with E-state index in [9.17, 15) is 14.4 Å². The lowest BCUT2D eigenvalue weighted by Gasteiger charge is -2.18. The molecule has 0 N–H and O–H groups in total. The first-order valence-corrected chi connectivity index (χ1v) is 27.5. The largest absolute Gasteiger partial charge is 0.462 e. The van der Waals surface area contributed by atoms with Crippen molar-refractivity contribution in [2.45, 2.75) is 297 Å². The number of unbranched alkanes of at least 4 members (excludes halogenated alkanes) is 33. The molecule has 0 fully saturated rings. The summed E-state index contributed by atoms with van der Waals surface area (Å²) in [4.78, 5) is 38.0. The van der Waals surface area contributed by atoms with Gasteiger partial charge in [0.05, 0.1) is 0 Å². The smallest absolute Gasteiger partial charge is 0.306 e. The third kappa shape index (κ3) is 50.5. The van der Waals surface area contributed by atoms with E-state index in [0.717, 1.165) is 57.8 Å². The van der Waals surface area contributed by atoms with Gasteiger partial charge >= 0.3 is 17.9 Å². The van der Waals surface area contributed by atoms with Crippen molar-refractivity contribution in [3.05, 3.63) is 36.5 Å². The molecule has 63 heavy (non-hydrogen) atoms. The number of carbonyl (C=O) groups excluding carboxylic acids is 3. The van der Waals surface area contributed by atoms with E-state index < -0.39 is 6.10 Å². The standard InChI is InChI=1S/C57H104O6/c1-4-7-10-13-16-19-22-24-26-28-30-32-35-37-40-43-46-49-55(58)61-52-54(63-57(60)51-48-45-42-39-34-21-18-15-12-9-6-3)53-62-56(59)50-47-44-41-38-36-33-31-29-27-25-23-20-17-14-11-8-5-2/h24,26,30,32,37,40,54H,4-23,25,27-29,31,33-36,38-39,41-53H2,1-3H3/b26-24-,32-30-,40-37-/t54-/m1/s1. The minimum Gasteiger partial charge on any atom is -0.462 e. The zero-order valence-corrected chi connectivity index (χ0v) is 42.1. The number of esters is 3. The minimum atomic E-state index is -0.786. The summed E-state index contributed by atoms with van der Waals surface area (Å²) < 4.78 is 16.8. The second-order valence-corrected chi connectivity index (χ2v) is 18.5. The van der Waals surface area contributed by atoms with Crippen LogP contribution in [0.25, 0.3) is 0 Å². The summed E-state index contributed by atoms with van der Waals surface area (Å²) in [6.45, 7) is 6.61. The first-order chi connectivity index (χ1) is 31.0. The van der Waals surface area contributed by atoms with Crippen LogP contribution in [0.2, 0.25) is 0 Å². The maximum Gasteiger partial charge on any atom is 0.306 e. The van der Waals surface area contributed by atoms with Crippen LogP contribution in [-0.2, 0) is 28.6 Å². The van der Waals surface area contributed by atoms with E-state index in [2.05, 4.69) is 57.2 Å². The fourth-order valence-electron chi connectivity index (χ4n) is 7.99. The summed E-state index contributed by atoms with van der Waals surface area (Å²) in [5.41, 5.74) is 0. The van der Waals surface area contributed by atoms with E-state index in [1.807, 2.05) is 0 Å². The lowest BCUT2D eigenvalue weighted by atomic mass is 10.0. The third-order valence-electron chi connectivity index (χ3n) is 12.1. The first kappa shape index (κ1) is 60.6. The molecule has 6 nitrogen and oxygen atoms in total. The SMILES string of the molecule is CCCCCCCC/C=C\C/C=C\C/C=C\CCCC(=O)OC[C@H](COC(=O)CCCCCCCCCCCCCCCCCCC)OC(=O)CCCCCCCCCCCCC. The highest BCUT2D eigenvalue weighted by Gasteiger charge is 2.19. The highest BCUT2D eigenvalue weighted by Crippen LogP contribution is 2.16. The lowest BCUT2D eigenvalue weighted by molar-refractivity contribution is -0.167. The Morgan fingerprint density at radius 1 is 0.317 bits per heavy atom. The molecule has 0 spiro atoms. The Morgan fingerprint density at radius 3 is 0.952 bits per heavy atom. The third-order valence-corrected chi connectivity index (χ3v) is 12.1. The maximum absolute atomic E-state index is 12.8. The molecule has 0 radical (unpaired) electrons. The van der Waals surface area contributed by atoms with Gasteiger partial charge in [0.15, 0.2) is 6.10 Å². The van der Waals surface area contributed by atoms with E-state index in [-0.39, 0.29) is 31.1 Å². The molecule has 0 bridgehead atoms. The molecule has 0 rings (SSSR count). The van der Waals surface area contributed by atoms with Crippen molar-refractivity contribution in [3.63, 3.8) is 0 Å². The Balaban J connectivity index is 4.36. The Labute approximate surface area is 391 Å². The fraction of sp³-hybridized carbons (Fsp3) is 0.842. The Hall–Kier alpha value is -2.37. The van der Waals surface area contributed by atoms with Crippen LogP contribution in [0.4, 0.5) is 0 Å². The fourth-order valence-corrected chi connectivity index (χ4v) is 7.99. The molecule has 0 unspecified atom stereocenters. The van der Waals surface area contributed by atoms with Gasteiger partial charge in [-0.15, -0.1) is 0 Å². The molecule has 0 aliphatic rings. The van der Waals surface area contributed by atoms with Crippen LogP contribution in [0.5, 0.6) is 0 Å². The van der Waals surface area contributed by atoms with Crippen LogP contribution in [0.3, 0.4) is 0 Å². The summed E-state index contributed by atoms with van der Waals surface area (Å²) in [6.07, 6.45) is 61.4. The number of allylic oxidation sites excluding steroid dienone is 6. The van der Waals surface area contributed by atoms with E-state index in [0.29, 0.717) is 25.7 Å². The van der Waals surface area contributed by atoms with Crippen LogP contribution in [-0.4, -0.2) is 37.2 Å². The van der Waals surface area contributed by atoms with E-state index in [4.69, 9.17) is 14.2 Å². The van der Waals surface area contributed by atoms with Gasteiger partial charge in [0, 0.05) is 19.3 Å². The second-order valence-electron chi connectivity index (χ2n) is 18.5. The summed E-state index contributed by atoms with van der Waals surface area (Å²) in [5.74, 6) is -0.924. The number of ether oxygens (including phenoxy) is 3. The van der Waals surface area contributed by atoms with E-state index in [1.54, 1.807) is 0 Å². The van der Waals surface area contributed by atoms with Gasteiger partial charge in [-0.2, -0.15) is 0 Å². The Bertz CT molecular complexity index is 1060. The van der Waals surface area contributed by atoms with Crippen molar-refractivity contribution >= 4 is 17.9 Å². The lowest BCUT2D eigenvalue weighted by Crippen LogP contribution is -2.30.